The van der Waals surface area contributed by atoms with Gasteiger partial charge in [-0.3, -0.25) is 4.99 Å². The molecule has 6 nitrogen and oxygen atoms in total. The highest BCUT2D eigenvalue weighted by atomic mass is 32.2. The molecule has 24 heavy (non-hydrogen) atoms. The third-order valence-electron chi connectivity index (χ3n) is 3.68. The summed E-state index contributed by atoms with van der Waals surface area (Å²) in [6, 6.07) is 13.2. The summed E-state index contributed by atoms with van der Waals surface area (Å²) < 4.78 is 31.7. The van der Waals surface area contributed by atoms with Crippen LogP contribution >= 0.6 is 0 Å². The Balaban J connectivity index is 1.75. The Labute approximate surface area is 141 Å². The first-order chi connectivity index (χ1) is 11.6. The second-order valence-corrected chi connectivity index (χ2v) is 7.30. The fourth-order valence-corrected chi connectivity index (χ4v) is 3.80. The Morgan fingerprint density at radius 2 is 1.79 bits per heavy atom. The molecule has 0 atom stereocenters. The molecule has 1 fully saturated rings. The van der Waals surface area contributed by atoms with Crippen LogP contribution in [0, 0.1) is 0 Å². The number of benzene rings is 2. The Bertz CT molecular complexity index is 826. The van der Waals surface area contributed by atoms with Gasteiger partial charge in [0.05, 0.1) is 23.8 Å². The van der Waals surface area contributed by atoms with Crippen LogP contribution in [0.4, 0.5) is 5.69 Å². The van der Waals surface area contributed by atoms with Crippen LogP contribution in [-0.4, -0.2) is 50.3 Å². The van der Waals surface area contributed by atoms with Gasteiger partial charge in [0.1, 0.15) is 5.75 Å². The molecule has 2 aromatic carbocycles. The van der Waals surface area contributed by atoms with Crippen molar-refractivity contribution in [1.82, 2.24) is 4.31 Å². The number of ether oxygens (including phenoxy) is 1. The van der Waals surface area contributed by atoms with Crippen molar-refractivity contribution in [3.05, 3.63) is 54.1 Å². The van der Waals surface area contributed by atoms with E-state index in [1.807, 2.05) is 6.07 Å². The lowest BCUT2D eigenvalue weighted by atomic mass is 10.2. The molecular weight excluding hydrogens is 328 g/mol. The number of aromatic hydroxyl groups is 1. The predicted octanol–water partition coefficient (Wildman–Crippen LogP) is 2.16. The van der Waals surface area contributed by atoms with E-state index in [0.717, 1.165) is 5.56 Å². The number of phenols is 1. The molecule has 0 aromatic heterocycles. The van der Waals surface area contributed by atoms with Gasteiger partial charge in [0.2, 0.25) is 10.0 Å². The summed E-state index contributed by atoms with van der Waals surface area (Å²) in [5.41, 5.74) is 1.40. The lowest BCUT2D eigenvalue weighted by molar-refractivity contribution is 0.0730. The molecule has 7 heteroatoms. The van der Waals surface area contributed by atoms with Gasteiger partial charge in [-0.2, -0.15) is 4.31 Å². The van der Waals surface area contributed by atoms with Crippen molar-refractivity contribution in [1.29, 1.82) is 0 Å². The molecule has 1 aliphatic rings. The summed E-state index contributed by atoms with van der Waals surface area (Å²) in [5.74, 6) is 0.172. The summed E-state index contributed by atoms with van der Waals surface area (Å²) in [7, 11) is -3.48. The standard InChI is InChI=1S/C17H18N2O4S/c20-16-3-1-2-14(12-16)13-18-15-4-6-17(7-5-15)24(21,22)19-8-10-23-11-9-19/h1-7,12-13,20H,8-11H2. The van der Waals surface area contributed by atoms with E-state index in [9.17, 15) is 13.5 Å². The van der Waals surface area contributed by atoms with Crippen LogP contribution in [0.3, 0.4) is 0 Å². The second kappa shape index (κ2) is 7.12. The Hall–Kier alpha value is -2.22. The number of hydrogen-bond acceptors (Lipinski definition) is 5. The fraction of sp³-hybridized carbons (Fsp3) is 0.235. The molecule has 126 valence electrons. The van der Waals surface area contributed by atoms with Crippen LogP contribution in [-0.2, 0) is 14.8 Å². The van der Waals surface area contributed by atoms with Crippen LogP contribution in [0.5, 0.6) is 5.75 Å². The SMILES string of the molecule is O=S(=O)(c1ccc(N=Cc2cccc(O)c2)cc1)N1CCOCC1. The molecular formula is C17H18N2O4S. The molecule has 1 aliphatic heterocycles. The zero-order chi connectivity index (χ0) is 17.0. The zero-order valence-corrected chi connectivity index (χ0v) is 13.8. The average Bonchev–Trinajstić information content (AvgIpc) is 2.61. The van der Waals surface area contributed by atoms with E-state index >= 15 is 0 Å². The summed E-state index contributed by atoms with van der Waals surface area (Å²) in [4.78, 5) is 4.54. The average molecular weight is 346 g/mol. The van der Waals surface area contributed by atoms with Crippen molar-refractivity contribution in [2.24, 2.45) is 4.99 Å². The largest absolute Gasteiger partial charge is 0.508 e. The maximum atomic E-state index is 12.5. The van der Waals surface area contributed by atoms with Crippen molar-refractivity contribution >= 4 is 21.9 Å². The van der Waals surface area contributed by atoms with Gasteiger partial charge in [-0.1, -0.05) is 12.1 Å². The third-order valence-corrected chi connectivity index (χ3v) is 5.59. The second-order valence-electron chi connectivity index (χ2n) is 5.36. The van der Waals surface area contributed by atoms with E-state index in [-0.39, 0.29) is 10.6 Å². The van der Waals surface area contributed by atoms with Crippen molar-refractivity contribution in [3.8, 4) is 5.75 Å². The Morgan fingerprint density at radius 1 is 1.08 bits per heavy atom. The number of morpholine rings is 1. The Kier molecular flexibility index (Phi) is 4.94. The molecule has 2 aromatic rings. The van der Waals surface area contributed by atoms with Crippen molar-refractivity contribution in [3.63, 3.8) is 0 Å². The van der Waals surface area contributed by atoms with Gasteiger partial charge in [0.25, 0.3) is 0 Å². The van der Waals surface area contributed by atoms with Crippen LogP contribution < -0.4 is 0 Å². The molecule has 1 heterocycles. The van der Waals surface area contributed by atoms with Gasteiger partial charge in [0, 0.05) is 19.3 Å². The van der Waals surface area contributed by atoms with Crippen LogP contribution in [0.15, 0.2) is 58.4 Å². The number of rotatable bonds is 4. The summed E-state index contributed by atoms with van der Waals surface area (Å²) >= 11 is 0. The van der Waals surface area contributed by atoms with E-state index in [0.29, 0.717) is 32.0 Å². The molecule has 0 saturated carbocycles. The number of sulfonamides is 1. The van der Waals surface area contributed by atoms with Gasteiger partial charge in [0.15, 0.2) is 0 Å². The molecule has 1 saturated heterocycles. The summed E-state index contributed by atoms with van der Waals surface area (Å²) in [6.45, 7) is 1.59. The number of aliphatic imine (C=N–C) groups is 1. The van der Waals surface area contributed by atoms with E-state index in [2.05, 4.69) is 4.99 Å². The third kappa shape index (κ3) is 3.81. The number of nitrogens with zero attached hydrogens (tertiary/aromatic N) is 2. The minimum absolute atomic E-state index is 0.172. The van der Waals surface area contributed by atoms with Gasteiger partial charge >= 0.3 is 0 Å². The van der Waals surface area contributed by atoms with Gasteiger partial charge < -0.3 is 9.84 Å². The van der Waals surface area contributed by atoms with Crippen molar-refractivity contribution < 1.29 is 18.3 Å². The van der Waals surface area contributed by atoms with Crippen LogP contribution in [0.1, 0.15) is 5.56 Å². The van der Waals surface area contributed by atoms with E-state index in [1.54, 1.807) is 48.7 Å². The fourth-order valence-electron chi connectivity index (χ4n) is 2.39. The smallest absolute Gasteiger partial charge is 0.243 e. The highest BCUT2D eigenvalue weighted by Gasteiger charge is 2.25. The molecule has 3 rings (SSSR count). The number of phenolic OH excluding ortho intramolecular Hbond substituents is 1. The maximum Gasteiger partial charge on any atom is 0.243 e. The van der Waals surface area contributed by atoms with Gasteiger partial charge in [-0.15, -0.1) is 0 Å². The van der Waals surface area contributed by atoms with Crippen LogP contribution in [0.2, 0.25) is 0 Å². The van der Waals surface area contributed by atoms with E-state index in [1.165, 1.54) is 4.31 Å². The molecule has 0 radical (unpaired) electrons. The molecule has 0 amide bonds. The van der Waals surface area contributed by atoms with E-state index in [4.69, 9.17) is 4.74 Å². The summed E-state index contributed by atoms with van der Waals surface area (Å²) in [5, 5.41) is 9.42. The van der Waals surface area contributed by atoms with Gasteiger partial charge in [-0.25, -0.2) is 8.42 Å². The normalized spacial score (nSPS) is 16.5. The zero-order valence-electron chi connectivity index (χ0n) is 13.0. The lowest BCUT2D eigenvalue weighted by Crippen LogP contribution is -2.40. The number of hydrogen-bond donors (Lipinski definition) is 1. The first-order valence-corrected chi connectivity index (χ1v) is 9.01. The summed E-state index contributed by atoms with van der Waals surface area (Å²) in [6.07, 6.45) is 1.62. The molecule has 0 bridgehead atoms. The monoisotopic (exact) mass is 346 g/mol. The van der Waals surface area contributed by atoms with Gasteiger partial charge in [-0.05, 0) is 42.0 Å². The van der Waals surface area contributed by atoms with Crippen molar-refractivity contribution in [2.75, 3.05) is 26.3 Å². The molecule has 0 aliphatic carbocycles. The van der Waals surface area contributed by atoms with E-state index < -0.39 is 10.0 Å². The first kappa shape index (κ1) is 16.6. The highest BCUT2D eigenvalue weighted by molar-refractivity contribution is 7.89. The van der Waals surface area contributed by atoms with Crippen molar-refractivity contribution in [2.45, 2.75) is 4.90 Å². The predicted molar refractivity (Wildman–Crippen MR) is 91.4 cm³/mol. The quantitative estimate of drug-likeness (QED) is 0.861. The lowest BCUT2D eigenvalue weighted by Gasteiger charge is -2.26. The first-order valence-electron chi connectivity index (χ1n) is 7.57. The maximum absolute atomic E-state index is 12.5. The van der Waals surface area contributed by atoms with Crippen LogP contribution in [0.25, 0.3) is 0 Å². The molecule has 1 N–H and O–H groups in total. The minimum atomic E-state index is -3.48. The minimum Gasteiger partial charge on any atom is -0.508 e. The highest BCUT2D eigenvalue weighted by Crippen LogP contribution is 2.21. The topological polar surface area (TPSA) is 79.2 Å². The Morgan fingerprint density at radius 3 is 2.46 bits per heavy atom. The molecule has 0 spiro atoms. The molecule has 0 unspecified atom stereocenters.